The van der Waals surface area contributed by atoms with Gasteiger partial charge in [0, 0.05) is 28.3 Å². The summed E-state index contributed by atoms with van der Waals surface area (Å²) in [7, 11) is -0.826. The maximum Gasteiger partial charge on any atom is 0.340 e. The number of nitrogens with one attached hydrogen (secondary N) is 2. The molecule has 6 nitrogen and oxygen atoms in total. The number of rotatable bonds is 3. The summed E-state index contributed by atoms with van der Waals surface area (Å²) in [6.45, 7) is 0. The highest BCUT2D eigenvalue weighted by atomic mass is 32.2. The molecule has 1 saturated heterocycles. The Kier molecular flexibility index (Phi) is 4.89. The third-order valence-electron chi connectivity index (χ3n) is 3.20. The molecule has 0 aliphatic carbocycles. The maximum absolute atomic E-state index is 13.5. The van der Waals surface area contributed by atoms with Crippen LogP contribution < -0.4 is 10.6 Å². The van der Waals surface area contributed by atoms with Crippen molar-refractivity contribution < 1.29 is 23.3 Å². The van der Waals surface area contributed by atoms with Crippen LogP contribution in [0.5, 0.6) is 0 Å². The number of carbonyl (C=O) groups excluding carboxylic acids is 1. The van der Waals surface area contributed by atoms with E-state index in [0.717, 1.165) is 6.07 Å². The van der Waals surface area contributed by atoms with Crippen molar-refractivity contribution in [1.82, 2.24) is 5.32 Å². The van der Waals surface area contributed by atoms with E-state index in [1.807, 2.05) is 0 Å². The zero-order valence-corrected chi connectivity index (χ0v) is 11.9. The SMILES string of the molecule is O=C(Nc1cccc(F)c1C(=O)O)NC1CCS(=O)CC1. The highest BCUT2D eigenvalue weighted by Crippen LogP contribution is 2.19. The van der Waals surface area contributed by atoms with Crippen LogP contribution in [0.4, 0.5) is 14.9 Å². The van der Waals surface area contributed by atoms with E-state index in [1.54, 1.807) is 0 Å². The second-order valence-corrected chi connectivity index (χ2v) is 6.38. The lowest BCUT2D eigenvalue weighted by Gasteiger charge is -2.22. The van der Waals surface area contributed by atoms with Crippen LogP contribution in [0.15, 0.2) is 18.2 Å². The molecule has 1 heterocycles. The molecular formula is C13H15FN2O4S. The molecule has 0 saturated carbocycles. The molecule has 3 N–H and O–H groups in total. The summed E-state index contributed by atoms with van der Waals surface area (Å²) in [5, 5.41) is 14.0. The Hall–Kier alpha value is -1.96. The minimum atomic E-state index is -1.45. The van der Waals surface area contributed by atoms with E-state index in [9.17, 15) is 18.2 Å². The highest BCUT2D eigenvalue weighted by molar-refractivity contribution is 7.85. The van der Waals surface area contributed by atoms with Gasteiger partial charge in [0.2, 0.25) is 0 Å². The fourth-order valence-electron chi connectivity index (χ4n) is 2.13. The van der Waals surface area contributed by atoms with Crippen molar-refractivity contribution in [2.24, 2.45) is 0 Å². The minimum absolute atomic E-state index is 0.0978. The lowest BCUT2D eigenvalue weighted by molar-refractivity contribution is 0.0693. The van der Waals surface area contributed by atoms with Crippen LogP contribution in [-0.2, 0) is 10.8 Å². The Balaban J connectivity index is 2.01. The van der Waals surface area contributed by atoms with Crippen LogP contribution in [-0.4, -0.2) is 38.9 Å². The molecule has 2 amide bonds. The van der Waals surface area contributed by atoms with E-state index in [1.165, 1.54) is 12.1 Å². The molecule has 1 aliphatic heterocycles. The van der Waals surface area contributed by atoms with Gasteiger partial charge in [-0.25, -0.2) is 14.0 Å². The Morgan fingerprint density at radius 3 is 2.57 bits per heavy atom. The molecule has 0 bridgehead atoms. The van der Waals surface area contributed by atoms with Gasteiger partial charge in [-0.05, 0) is 25.0 Å². The number of hydrogen-bond acceptors (Lipinski definition) is 3. The first kappa shape index (κ1) is 15.4. The molecule has 8 heteroatoms. The van der Waals surface area contributed by atoms with E-state index in [-0.39, 0.29) is 11.7 Å². The molecular weight excluding hydrogens is 299 g/mol. The molecule has 0 spiro atoms. The fourth-order valence-corrected chi connectivity index (χ4v) is 3.43. The van der Waals surface area contributed by atoms with E-state index < -0.39 is 34.2 Å². The van der Waals surface area contributed by atoms with Gasteiger partial charge in [-0.3, -0.25) is 4.21 Å². The monoisotopic (exact) mass is 314 g/mol. The third-order valence-corrected chi connectivity index (χ3v) is 4.58. The molecule has 0 unspecified atom stereocenters. The molecule has 2 rings (SSSR count). The number of urea groups is 1. The predicted molar refractivity (Wildman–Crippen MR) is 76.4 cm³/mol. The molecule has 1 aliphatic rings. The van der Waals surface area contributed by atoms with Gasteiger partial charge >= 0.3 is 12.0 Å². The smallest absolute Gasteiger partial charge is 0.340 e. The first-order valence-corrected chi connectivity index (χ1v) is 7.90. The van der Waals surface area contributed by atoms with Gasteiger partial charge < -0.3 is 15.7 Å². The van der Waals surface area contributed by atoms with Crippen molar-refractivity contribution in [1.29, 1.82) is 0 Å². The largest absolute Gasteiger partial charge is 0.478 e. The standard InChI is InChI=1S/C13H15FN2O4S/c14-9-2-1-3-10(11(9)12(17)18)16-13(19)15-8-4-6-21(20)7-5-8/h1-3,8H,4-7H2,(H,17,18)(H2,15,16,19). The number of hydrogen-bond donors (Lipinski definition) is 3. The summed E-state index contributed by atoms with van der Waals surface area (Å²) < 4.78 is 24.7. The first-order chi connectivity index (χ1) is 9.97. The molecule has 1 aromatic rings. The lowest BCUT2D eigenvalue weighted by atomic mass is 10.1. The van der Waals surface area contributed by atoms with Crippen LogP contribution in [0, 0.1) is 5.82 Å². The first-order valence-electron chi connectivity index (χ1n) is 6.41. The van der Waals surface area contributed by atoms with Gasteiger partial charge in [-0.2, -0.15) is 0 Å². The zero-order chi connectivity index (χ0) is 15.4. The number of anilines is 1. The van der Waals surface area contributed by atoms with E-state index in [2.05, 4.69) is 10.6 Å². The molecule has 114 valence electrons. The third kappa shape index (κ3) is 4.01. The molecule has 1 aromatic carbocycles. The zero-order valence-electron chi connectivity index (χ0n) is 11.1. The maximum atomic E-state index is 13.5. The number of benzene rings is 1. The Morgan fingerprint density at radius 2 is 1.95 bits per heavy atom. The summed E-state index contributed by atoms with van der Waals surface area (Å²) in [6, 6.07) is 2.96. The topological polar surface area (TPSA) is 95.5 Å². The number of carboxylic acid groups (broad SMARTS) is 1. The van der Waals surface area contributed by atoms with Gasteiger partial charge in [0.15, 0.2) is 0 Å². The average molecular weight is 314 g/mol. The summed E-state index contributed by atoms with van der Waals surface area (Å²) in [5.74, 6) is -1.29. The molecule has 1 fully saturated rings. The Morgan fingerprint density at radius 1 is 1.29 bits per heavy atom. The number of amides is 2. The van der Waals surface area contributed by atoms with Crippen molar-refractivity contribution >= 4 is 28.5 Å². The number of carbonyl (C=O) groups is 2. The van der Waals surface area contributed by atoms with Crippen molar-refractivity contribution in [3.8, 4) is 0 Å². The van der Waals surface area contributed by atoms with Crippen molar-refractivity contribution in [2.45, 2.75) is 18.9 Å². The number of halogens is 1. The summed E-state index contributed by atoms with van der Waals surface area (Å²) in [5.41, 5.74) is -0.670. The lowest BCUT2D eigenvalue weighted by Crippen LogP contribution is -2.42. The second-order valence-electron chi connectivity index (χ2n) is 4.69. The summed E-state index contributed by atoms with van der Waals surface area (Å²) >= 11 is 0. The molecule has 0 radical (unpaired) electrons. The van der Waals surface area contributed by atoms with Gasteiger partial charge in [0.1, 0.15) is 11.4 Å². The van der Waals surface area contributed by atoms with Crippen molar-refractivity contribution in [2.75, 3.05) is 16.8 Å². The van der Waals surface area contributed by atoms with Crippen LogP contribution >= 0.6 is 0 Å². The second kappa shape index (κ2) is 6.66. The Bertz CT molecular complexity index is 584. The van der Waals surface area contributed by atoms with Gasteiger partial charge in [0.25, 0.3) is 0 Å². The fraction of sp³-hybridized carbons (Fsp3) is 0.385. The van der Waals surface area contributed by atoms with E-state index in [4.69, 9.17) is 5.11 Å². The van der Waals surface area contributed by atoms with Crippen LogP contribution in [0.25, 0.3) is 0 Å². The van der Waals surface area contributed by atoms with E-state index in [0.29, 0.717) is 24.3 Å². The number of aromatic carboxylic acids is 1. The van der Waals surface area contributed by atoms with Crippen LogP contribution in [0.3, 0.4) is 0 Å². The Labute approximate surface area is 123 Å². The summed E-state index contributed by atoms with van der Waals surface area (Å²) in [6.07, 6.45) is 1.21. The van der Waals surface area contributed by atoms with Gasteiger partial charge in [-0.15, -0.1) is 0 Å². The predicted octanol–water partition coefficient (Wildman–Crippen LogP) is 1.56. The average Bonchev–Trinajstić information content (AvgIpc) is 2.41. The van der Waals surface area contributed by atoms with Crippen LogP contribution in [0.1, 0.15) is 23.2 Å². The van der Waals surface area contributed by atoms with Crippen molar-refractivity contribution in [3.63, 3.8) is 0 Å². The summed E-state index contributed by atoms with van der Waals surface area (Å²) in [4.78, 5) is 22.8. The van der Waals surface area contributed by atoms with Crippen LogP contribution in [0.2, 0.25) is 0 Å². The quantitative estimate of drug-likeness (QED) is 0.789. The van der Waals surface area contributed by atoms with Gasteiger partial charge in [-0.1, -0.05) is 6.07 Å². The molecule has 0 atom stereocenters. The number of carboxylic acids is 1. The molecule has 0 aromatic heterocycles. The normalized spacial score (nSPS) is 21.6. The highest BCUT2D eigenvalue weighted by Gasteiger charge is 2.21. The van der Waals surface area contributed by atoms with Gasteiger partial charge in [0.05, 0.1) is 5.69 Å². The minimum Gasteiger partial charge on any atom is -0.478 e. The van der Waals surface area contributed by atoms with Crippen molar-refractivity contribution in [3.05, 3.63) is 29.6 Å². The molecule has 21 heavy (non-hydrogen) atoms. The van der Waals surface area contributed by atoms with E-state index >= 15 is 0 Å².